The summed E-state index contributed by atoms with van der Waals surface area (Å²) in [7, 11) is 0. The lowest BCUT2D eigenvalue weighted by Gasteiger charge is -2.10. The molecule has 0 aromatic heterocycles. The van der Waals surface area contributed by atoms with Crippen molar-refractivity contribution in [2.24, 2.45) is 5.84 Å². The molecule has 14 heavy (non-hydrogen) atoms. The Bertz CT molecular complexity index is 360. The number of hydrazine groups is 1. The molecule has 4 N–H and O–H groups in total. The summed E-state index contributed by atoms with van der Waals surface area (Å²) in [6.45, 7) is 5.69. The summed E-state index contributed by atoms with van der Waals surface area (Å²) in [6.07, 6.45) is 1.78. The summed E-state index contributed by atoms with van der Waals surface area (Å²) >= 11 is 4.90. The molecule has 0 aliphatic heterocycles. The monoisotopic (exact) mass is 207 g/mol. The molecule has 0 aliphatic rings. The fourth-order valence-electron chi connectivity index (χ4n) is 1.06. The van der Waals surface area contributed by atoms with E-state index in [-0.39, 0.29) is 0 Å². The number of anilines is 1. The van der Waals surface area contributed by atoms with E-state index < -0.39 is 0 Å². The summed E-state index contributed by atoms with van der Waals surface area (Å²) in [6, 6.07) is 5.96. The molecule has 0 atom stereocenters. The number of hydrogen-bond acceptors (Lipinski definition) is 2. The third kappa shape index (κ3) is 2.55. The van der Waals surface area contributed by atoms with Gasteiger partial charge >= 0.3 is 0 Å². The maximum Gasteiger partial charge on any atom is 0.185 e. The van der Waals surface area contributed by atoms with Crippen LogP contribution in [0.5, 0.6) is 0 Å². The van der Waals surface area contributed by atoms with Crippen LogP contribution < -0.4 is 16.6 Å². The van der Waals surface area contributed by atoms with Gasteiger partial charge in [0.15, 0.2) is 5.11 Å². The van der Waals surface area contributed by atoms with Gasteiger partial charge in [0.25, 0.3) is 0 Å². The van der Waals surface area contributed by atoms with Crippen molar-refractivity contribution in [2.75, 3.05) is 5.32 Å². The molecule has 0 aliphatic carbocycles. The van der Waals surface area contributed by atoms with E-state index in [0.29, 0.717) is 5.11 Å². The highest BCUT2D eigenvalue weighted by Gasteiger charge is 2.00. The van der Waals surface area contributed by atoms with Crippen molar-refractivity contribution < 1.29 is 0 Å². The summed E-state index contributed by atoms with van der Waals surface area (Å²) < 4.78 is 0. The van der Waals surface area contributed by atoms with Crippen LogP contribution in [0.25, 0.3) is 6.08 Å². The number of nitrogens with two attached hydrogens (primary N) is 1. The molecule has 0 spiro atoms. The average molecular weight is 207 g/mol. The molecule has 0 bridgehead atoms. The number of thiocarbonyl (C=S) groups is 1. The van der Waals surface area contributed by atoms with Gasteiger partial charge in [-0.2, -0.15) is 0 Å². The van der Waals surface area contributed by atoms with E-state index in [4.69, 9.17) is 18.1 Å². The first kappa shape index (κ1) is 10.7. The molecule has 1 aromatic rings. The van der Waals surface area contributed by atoms with Crippen molar-refractivity contribution in [3.05, 3.63) is 35.9 Å². The van der Waals surface area contributed by atoms with Crippen LogP contribution in [-0.2, 0) is 0 Å². The second kappa shape index (κ2) is 4.74. The molecule has 0 unspecified atom stereocenters. The summed E-state index contributed by atoms with van der Waals surface area (Å²) in [5, 5.41) is 3.38. The predicted octanol–water partition coefficient (Wildman–Crippen LogP) is 1.80. The zero-order valence-electron chi connectivity index (χ0n) is 8.00. The van der Waals surface area contributed by atoms with Crippen molar-refractivity contribution in [1.29, 1.82) is 0 Å². The van der Waals surface area contributed by atoms with E-state index in [1.165, 1.54) is 0 Å². The third-order valence-electron chi connectivity index (χ3n) is 1.88. The lowest BCUT2D eigenvalue weighted by molar-refractivity contribution is 1.04. The Morgan fingerprint density at radius 3 is 2.86 bits per heavy atom. The minimum Gasteiger partial charge on any atom is -0.331 e. The molecule has 1 rings (SSSR count). The van der Waals surface area contributed by atoms with Crippen molar-refractivity contribution in [3.63, 3.8) is 0 Å². The highest BCUT2D eigenvalue weighted by Crippen LogP contribution is 2.17. The largest absolute Gasteiger partial charge is 0.331 e. The smallest absolute Gasteiger partial charge is 0.185 e. The predicted molar refractivity (Wildman–Crippen MR) is 64.8 cm³/mol. The van der Waals surface area contributed by atoms with Gasteiger partial charge in [0.05, 0.1) is 0 Å². The number of aryl methyl sites for hydroxylation is 1. The van der Waals surface area contributed by atoms with E-state index in [9.17, 15) is 0 Å². The fourth-order valence-corrected chi connectivity index (χ4v) is 1.17. The Kier molecular flexibility index (Phi) is 3.62. The van der Waals surface area contributed by atoms with Crippen molar-refractivity contribution in [2.45, 2.75) is 6.92 Å². The van der Waals surface area contributed by atoms with Gasteiger partial charge in [-0.15, -0.1) is 0 Å². The summed E-state index contributed by atoms with van der Waals surface area (Å²) in [4.78, 5) is 0. The molecular formula is C10H13N3S. The molecule has 1 aromatic carbocycles. The van der Waals surface area contributed by atoms with Crippen molar-refractivity contribution >= 4 is 29.1 Å². The lowest BCUT2D eigenvalue weighted by atomic mass is 10.1. The van der Waals surface area contributed by atoms with Crippen LogP contribution in [0.2, 0.25) is 0 Å². The molecule has 0 saturated heterocycles. The van der Waals surface area contributed by atoms with Gasteiger partial charge < -0.3 is 10.7 Å². The molecule has 74 valence electrons. The minimum atomic E-state index is 0.398. The van der Waals surface area contributed by atoms with Gasteiger partial charge in [0.2, 0.25) is 0 Å². The van der Waals surface area contributed by atoms with Gasteiger partial charge in [0, 0.05) is 5.69 Å². The van der Waals surface area contributed by atoms with E-state index in [0.717, 1.165) is 16.8 Å². The standard InChI is InChI=1S/C10H13N3S/c1-3-8-5-4-7(2)9(6-8)12-10(14)13-11/h3-6H,1,11H2,2H3,(H2,12,13,14). The number of benzene rings is 1. The van der Waals surface area contributed by atoms with Crippen LogP contribution in [0, 0.1) is 6.92 Å². The highest BCUT2D eigenvalue weighted by molar-refractivity contribution is 7.80. The maximum absolute atomic E-state index is 5.17. The molecule has 4 heteroatoms. The Hall–Kier alpha value is -1.39. The van der Waals surface area contributed by atoms with Crippen molar-refractivity contribution in [3.8, 4) is 0 Å². The Labute approximate surface area is 89.0 Å². The Morgan fingerprint density at radius 2 is 2.29 bits per heavy atom. The minimum absolute atomic E-state index is 0.398. The first-order chi connectivity index (χ1) is 6.67. The van der Waals surface area contributed by atoms with Crippen LogP contribution >= 0.6 is 12.2 Å². The van der Waals surface area contributed by atoms with E-state index in [1.807, 2.05) is 25.1 Å². The van der Waals surface area contributed by atoms with Gasteiger partial charge in [-0.05, 0) is 36.3 Å². The molecule has 0 heterocycles. The molecule has 0 saturated carbocycles. The maximum atomic E-state index is 5.17. The van der Waals surface area contributed by atoms with E-state index in [1.54, 1.807) is 6.08 Å². The number of rotatable bonds is 2. The van der Waals surface area contributed by atoms with E-state index in [2.05, 4.69) is 17.3 Å². The van der Waals surface area contributed by atoms with Gasteiger partial charge in [-0.1, -0.05) is 24.8 Å². The zero-order chi connectivity index (χ0) is 10.6. The first-order valence-corrected chi connectivity index (χ1v) is 4.59. The summed E-state index contributed by atoms with van der Waals surface area (Å²) in [5.74, 6) is 5.17. The second-order valence-corrected chi connectivity index (χ2v) is 3.29. The fraction of sp³-hybridized carbons (Fsp3) is 0.100. The zero-order valence-corrected chi connectivity index (χ0v) is 8.82. The van der Waals surface area contributed by atoms with E-state index >= 15 is 0 Å². The second-order valence-electron chi connectivity index (χ2n) is 2.88. The molecule has 0 amide bonds. The quantitative estimate of drug-likeness (QED) is 0.393. The third-order valence-corrected chi connectivity index (χ3v) is 2.10. The van der Waals surface area contributed by atoms with Crippen LogP contribution in [0.3, 0.4) is 0 Å². The van der Waals surface area contributed by atoms with Crippen LogP contribution in [0.15, 0.2) is 24.8 Å². The lowest BCUT2D eigenvalue weighted by Crippen LogP contribution is -2.34. The molecule has 3 nitrogen and oxygen atoms in total. The highest BCUT2D eigenvalue weighted by atomic mass is 32.1. The number of nitrogens with one attached hydrogen (secondary N) is 2. The Balaban J connectivity index is 2.94. The molecule has 0 fully saturated rings. The number of hydrogen-bond donors (Lipinski definition) is 3. The Morgan fingerprint density at radius 1 is 1.57 bits per heavy atom. The van der Waals surface area contributed by atoms with Gasteiger partial charge in [-0.3, -0.25) is 0 Å². The summed E-state index contributed by atoms with van der Waals surface area (Å²) in [5.41, 5.74) is 5.45. The molecule has 0 radical (unpaired) electrons. The SMILES string of the molecule is C=Cc1ccc(C)c(NC(=S)NN)c1. The average Bonchev–Trinajstić information content (AvgIpc) is 2.21. The van der Waals surface area contributed by atoms with Gasteiger partial charge in [0.1, 0.15) is 0 Å². The first-order valence-electron chi connectivity index (χ1n) is 4.18. The van der Waals surface area contributed by atoms with Crippen LogP contribution in [-0.4, -0.2) is 5.11 Å². The normalized spacial score (nSPS) is 9.29. The van der Waals surface area contributed by atoms with Crippen LogP contribution in [0.1, 0.15) is 11.1 Å². The van der Waals surface area contributed by atoms with Crippen LogP contribution in [0.4, 0.5) is 5.69 Å². The van der Waals surface area contributed by atoms with Crippen molar-refractivity contribution in [1.82, 2.24) is 5.43 Å². The topological polar surface area (TPSA) is 50.1 Å². The van der Waals surface area contributed by atoms with Gasteiger partial charge in [-0.25, -0.2) is 5.84 Å². The molecular weight excluding hydrogens is 194 g/mol.